The van der Waals surface area contributed by atoms with Gasteiger partial charge in [0.2, 0.25) is 0 Å². The predicted molar refractivity (Wildman–Crippen MR) is 145 cm³/mol. The van der Waals surface area contributed by atoms with Gasteiger partial charge in [-0.15, -0.1) is 0 Å². The van der Waals surface area contributed by atoms with Gasteiger partial charge >= 0.3 is 5.97 Å². The first-order chi connectivity index (χ1) is 17.3. The molecule has 0 unspecified atom stereocenters. The summed E-state index contributed by atoms with van der Waals surface area (Å²) in [6.07, 6.45) is 10.6. The summed E-state index contributed by atoms with van der Waals surface area (Å²) in [6, 6.07) is 17.0. The Hall–Kier alpha value is -3.14. The molecule has 0 aliphatic heterocycles. The normalized spacial score (nSPS) is 26.6. The summed E-state index contributed by atoms with van der Waals surface area (Å²) < 4.78 is 7.10. The topological polar surface area (TPSA) is 43.6 Å². The van der Waals surface area contributed by atoms with E-state index in [0.717, 1.165) is 51.6 Å². The molecule has 0 saturated heterocycles. The summed E-state index contributed by atoms with van der Waals surface area (Å²) >= 11 is 0. The second-order valence-electron chi connectivity index (χ2n) is 11.7. The van der Waals surface area contributed by atoms with Gasteiger partial charge < -0.3 is 9.30 Å². The van der Waals surface area contributed by atoms with Crippen molar-refractivity contribution in [3.8, 4) is 5.69 Å². The molecule has 1 heterocycles. The number of carbonyl (C=O) groups excluding carboxylic acids is 1. The Morgan fingerprint density at radius 1 is 0.944 bits per heavy atom. The Morgan fingerprint density at radius 3 is 2.17 bits per heavy atom. The standard InChI is InChI=1S/C32H36N2O2/c1-20-11-26(31(35)36-4)5-10-30(20)34-21(2)12-27(22(34)3)19-33-29-8-6-28(7-9-29)32-16-23-13-24(17-32)15-25(14-23)18-32/h5-12,19,23-25H,13-18H2,1-4H3. The summed E-state index contributed by atoms with van der Waals surface area (Å²) in [5.41, 5.74) is 9.03. The van der Waals surface area contributed by atoms with E-state index in [0.29, 0.717) is 11.0 Å². The van der Waals surface area contributed by atoms with Gasteiger partial charge in [-0.05, 0) is 130 Å². The number of benzene rings is 2. The van der Waals surface area contributed by atoms with Gasteiger partial charge in [0.1, 0.15) is 0 Å². The Morgan fingerprint density at radius 2 is 1.58 bits per heavy atom. The first-order valence-corrected chi connectivity index (χ1v) is 13.4. The average molecular weight is 481 g/mol. The third kappa shape index (κ3) is 3.91. The van der Waals surface area contributed by atoms with Crippen LogP contribution >= 0.6 is 0 Å². The van der Waals surface area contributed by atoms with Crippen molar-refractivity contribution in [2.75, 3.05) is 7.11 Å². The zero-order valence-corrected chi connectivity index (χ0v) is 21.9. The zero-order valence-electron chi connectivity index (χ0n) is 21.9. The van der Waals surface area contributed by atoms with Crippen LogP contribution in [0.4, 0.5) is 5.69 Å². The first kappa shape index (κ1) is 23.3. The molecule has 0 N–H and O–H groups in total. The average Bonchev–Trinajstić information content (AvgIpc) is 3.14. The van der Waals surface area contributed by atoms with Gasteiger partial charge in [0.25, 0.3) is 0 Å². The van der Waals surface area contributed by atoms with Gasteiger partial charge in [0.15, 0.2) is 0 Å². The Labute approximate surface area is 214 Å². The van der Waals surface area contributed by atoms with Crippen molar-refractivity contribution in [1.29, 1.82) is 0 Å². The Balaban J connectivity index is 1.23. The minimum atomic E-state index is -0.312. The number of ether oxygens (including phenoxy) is 1. The summed E-state index contributed by atoms with van der Waals surface area (Å²) in [4.78, 5) is 16.7. The quantitative estimate of drug-likeness (QED) is 0.282. The van der Waals surface area contributed by atoms with Crippen molar-refractivity contribution in [3.05, 3.63) is 82.2 Å². The van der Waals surface area contributed by atoms with E-state index in [1.807, 2.05) is 31.3 Å². The van der Waals surface area contributed by atoms with Crippen LogP contribution < -0.4 is 0 Å². The maximum Gasteiger partial charge on any atom is 0.337 e. The fraction of sp³-hybridized carbons (Fsp3) is 0.438. The largest absolute Gasteiger partial charge is 0.465 e. The molecule has 0 amide bonds. The molecule has 2 aromatic carbocycles. The number of hydrogen-bond donors (Lipinski definition) is 0. The lowest BCUT2D eigenvalue weighted by molar-refractivity contribution is -0.00518. The van der Waals surface area contributed by atoms with Crippen molar-refractivity contribution in [2.45, 2.75) is 64.7 Å². The molecule has 186 valence electrons. The van der Waals surface area contributed by atoms with Crippen LogP contribution in [0.2, 0.25) is 0 Å². The number of aryl methyl sites for hydroxylation is 2. The maximum absolute atomic E-state index is 11.9. The highest BCUT2D eigenvalue weighted by Crippen LogP contribution is 2.60. The van der Waals surface area contributed by atoms with Crippen LogP contribution in [0, 0.1) is 38.5 Å². The van der Waals surface area contributed by atoms with Crippen molar-refractivity contribution in [3.63, 3.8) is 0 Å². The van der Waals surface area contributed by atoms with E-state index < -0.39 is 0 Å². The van der Waals surface area contributed by atoms with Crippen LogP contribution in [0.15, 0.2) is 53.5 Å². The molecule has 4 saturated carbocycles. The number of rotatable bonds is 5. The van der Waals surface area contributed by atoms with Gasteiger partial charge in [-0.25, -0.2) is 4.79 Å². The lowest BCUT2D eigenvalue weighted by Gasteiger charge is -2.57. The fourth-order valence-corrected chi connectivity index (χ4v) is 7.95. The van der Waals surface area contributed by atoms with E-state index in [-0.39, 0.29) is 5.97 Å². The molecular formula is C32H36N2O2. The number of methoxy groups -OCH3 is 1. The molecule has 0 atom stereocenters. The highest BCUT2D eigenvalue weighted by atomic mass is 16.5. The number of esters is 1. The molecule has 4 aliphatic carbocycles. The summed E-state index contributed by atoms with van der Waals surface area (Å²) in [7, 11) is 1.41. The van der Waals surface area contributed by atoms with Crippen molar-refractivity contribution in [2.24, 2.45) is 22.7 Å². The highest BCUT2D eigenvalue weighted by Gasteiger charge is 2.51. The summed E-state index contributed by atoms with van der Waals surface area (Å²) in [5.74, 6) is 2.58. The summed E-state index contributed by atoms with van der Waals surface area (Å²) in [6.45, 7) is 6.26. The minimum absolute atomic E-state index is 0.312. The number of nitrogens with zero attached hydrogens (tertiary/aromatic N) is 2. The van der Waals surface area contributed by atoms with Crippen LogP contribution in [0.5, 0.6) is 0 Å². The van der Waals surface area contributed by atoms with Crippen LogP contribution in [0.25, 0.3) is 5.69 Å². The Kier molecular flexibility index (Phi) is 5.66. The number of hydrogen-bond acceptors (Lipinski definition) is 3. The Bertz CT molecular complexity index is 1310. The molecule has 4 aliphatic rings. The van der Waals surface area contributed by atoms with Crippen molar-refractivity contribution in [1.82, 2.24) is 4.57 Å². The van der Waals surface area contributed by atoms with E-state index in [1.54, 1.807) is 5.56 Å². The second kappa shape index (κ2) is 8.76. The van der Waals surface area contributed by atoms with E-state index in [9.17, 15) is 4.79 Å². The molecule has 3 aromatic rings. The van der Waals surface area contributed by atoms with Gasteiger partial charge in [0, 0.05) is 28.9 Å². The van der Waals surface area contributed by atoms with Gasteiger partial charge in [-0.3, -0.25) is 4.99 Å². The second-order valence-corrected chi connectivity index (χ2v) is 11.7. The zero-order chi connectivity index (χ0) is 25.0. The fourth-order valence-electron chi connectivity index (χ4n) is 7.95. The summed E-state index contributed by atoms with van der Waals surface area (Å²) in [5, 5.41) is 0. The molecule has 4 nitrogen and oxygen atoms in total. The molecule has 1 aromatic heterocycles. The number of carbonyl (C=O) groups is 1. The smallest absolute Gasteiger partial charge is 0.337 e. The SMILES string of the molecule is COC(=O)c1ccc(-n2c(C)cc(C=Nc3ccc(C45CC6CC(CC(C6)C4)C5)cc3)c2C)c(C)c1. The van der Waals surface area contributed by atoms with Crippen LogP contribution in [0.1, 0.15) is 77.0 Å². The minimum Gasteiger partial charge on any atom is -0.465 e. The highest BCUT2D eigenvalue weighted by molar-refractivity contribution is 5.90. The molecule has 4 heteroatoms. The molecule has 0 spiro atoms. The van der Waals surface area contributed by atoms with E-state index in [1.165, 1.54) is 45.6 Å². The predicted octanol–water partition coefficient (Wildman–Crippen LogP) is 7.41. The molecular weight excluding hydrogens is 444 g/mol. The monoisotopic (exact) mass is 480 g/mol. The van der Waals surface area contributed by atoms with E-state index in [4.69, 9.17) is 9.73 Å². The third-order valence-corrected chi connectivity index (χ3v) is 9.20. The molecule has 4 bridgehead atoms. The van der Waals surface area contributed by atoms with Gasteiger partial charge in [0.05, 0.1) is 18.4 Å². The molecule has 0 radical (unpaired) electrons. The van der Waals surface area contributed by atoms with Gasteiger partial charge in [-0.2, -0.15) is 0 Å². The number of aromatic nitrogens is 1. The van der Waals surface area contributed by atoms with Gasteiger partial charge in [-0.1, -0.05) is 12.1 Å². The van der Waals surface area contributed by atoms with Crippen LogP contribution in [0.3, 0.4) is 0 Å². The van der Waals surface area contributed by atoms with Crippen molar-refractivity contribution >= 4 is 17.9 Å². The van der Waals surface area contributed by atoms with Crippen molar-refractivity contribution < 1.29 is 9.53 Å². The first-order valence-electron chi connectivity index (χ1n) is 13.4. The third-order valence-electron chi connectivity index (χ3n) is 9.20. The number of aliphatic imine (C=N–C) groups is 1. The van der Waals surface area contributed by atoms with Crippen LogP contribution in [-0.2, 0) is 10.2 Å². The lowest BCUT2D eigenvalue weighted by atomic mass is 9.48. The van der Waals surface area contributed by atoms with E-state index >= 15 is 0 Å². The molecule has 36 heavy (non-hydrogen) atoms. The van der Waals surface area contributed by atoms with E-state index in [2.05, 4.69) is 48.7 Å². The molecule has 7 rings (SSSR count). The lowest BCUT2D eigenvalue weighted by Crippen LogP contribution is -2.48. The molecule has 4 fully saturated rings. The van der Waals surface area contributed by atoms with Crippen LogP contribution in [-0.4, -0.2) is 23.9 Å². The maximum atomic E-state index is 11.9.